The first-order valence-electron chi connectivity index (χ1n) is 6.85. The Morgan fingerprint density at radius 1 is 1.30 bits per heavy atom. The van der Waals surface area contributed by atoms with Gasteiger partial charge >= 0.3 is 5.69 Å². The molecule has 2 aromatic rings. The number of rotatable bonds is 7. The van der Waals surface area contributed by atoms with Gasteiger partial charge in [-0.1, -0.05) is 18.2 Å². The summed E-state index contributed by atoms with van der Waals surface area (Å²) < 4.78 is 10.7. The van der Waals surface area contributed by atoms with Crippen molar-refractivity contribution in [2.45, 2.75) is 6.54 Å². The van der Waals surface area contributed by atoms with E-state index in [2.05, 4.69) is 21.8 Å². The quantitative estimate of drug-likeness (QED) is 0.728. The molecular weight excluding hydrogens is 300 g/mol. The summed E-state index contributed by atoms with van der Waals surface area (Å²) in [7, 11) is 3.10. The molecule has 2 N–H and O–H groups in total. The number of methoxy groups -OCH3 is 2. The Kier molecular flexibility index (Phi) is 5.19. The SMILES string of the molecule is C=CCN(Cc1cccc(OC)c1OC)c1n[nH]c(=O)[nH]c1=O. The zero-order valence-electron chi connectivity index (χ0n) is 13.0. The molecule has 0 aliphatic rings. The Morgan fingerprint density at radius 2 is 2.09 bits per heavy atom. The maximum Gasteiger partial charge on any atom is 0.342 e. The molecule has 0 aliphatic heterocycles. The molecule has 1 heterocycles. The van der Waals surface area contributed by atoms with Gasteiger partial charge in [0.25, 0.3) is 5.56 Å². The number of anilines is 1. The second-order valence-corrected chi connectivity index (χ2v) is 4.65. The molecule has 1 aromatic heterocycles. The fourth-order valence-electron chi connectivity index (χ4n) is 2.22. The van der Waals surface area contributed by atoms with Crippen LogP contribution in [0.15, 0.2) is 40.4 Å². The standard InChI is InChI=1S/C15H18N4O4/c1-4-8-19(13-14(20)16-15(21)18-17-13)9-10-6-5-7-11(22-2)12(10)23-3/h4-7H,1,8-9H2,2-3H3,(H2,16,18,20,21). The Hall–Kier alpha value is -3.03. The average molecular weight is 318 g/mol. The van der Waals surface area contributed by atoms with E-state index in [-0.39, 0.29) is 5.82 Å². The molecule has 0 amide bonds. The zero-order valence-corrected chi connectivity index (χ0v) is 13.0. The second kappa shape index (κ2) is 7.30. The maximum atomic E-state index is 12.0. The van der Waals surface area contributed by atoms with Gasteiger partial charge in [-0.3, -0.25) is 9.78 Å². The molecule has 0 fully saturated rings. The van der Waals surface area contributed by atoms with E-state index in [0.717, 1.165) is 5.56 Å². The van der Waals surface area contributed by atoms with Gasteiger partial charge in [-0.2, -0.15) is 0 Å². The fourth-order valence-corrected chi connectivity index (χ4v) is 2.22. The van der Waals surface area contributed by atoms with Gasteiger partial charge in [0.15, 0.2) is 11.5 Å². The van der Waals surface area contributed by atoms with Crippen LogP contribution in [0.25, 0.3) is 0 Å². The van der Waals surface area contributed by atoms with Gasteiger partial charge in [0.05, 0.1) is 14.2 Å². The molecule has 122 valence electrons. The second-order valence-electron chi connectivity index (χ2n) is 4.65. The van der Waals surface area contributed by atoms with E-state index >= 15 is 0 Å². The minimum absolute atomic E-state index is 0.0920. The lowest BCUT2D eigenvalue weighted by Crippen LogP contribution is -2.34. The van der Waals surface area contributed by atoms with Crippen molar-refractivity contribution in [2.24, 2.45) is 0 Å². The number of H-pyrrole nitrogens is 2. The van der Waals surface area contributed by atoms with E-state index in [0.29, 0.717) is 24.6 Å². The Balaban J connectivity index is 2.42. The molecule has 0 saturated carbocycles. The third kappa shape index (κ3) is 3.60. The van der Waals surface area contributed by atoms with E-state index in [1.165, 1.54) is 0 Å². The minimum atomic E-state index is -0.656. The first-order valence-corrected chi connectivity index (χ1v) is 6.85. The normalized spacial score (nSPS) is 10.2. The van der Waals surface area contributed by atoms with Crippen molar-refractivity contribution in [2.75, 3.05) is 25.7 Å². The van der Waals surface area contributed by atoms with Crippen molar-refractivity contribution in [3.05, 3.63) is 57.3 Å². The lowest BCUT2D eigenvalue weighted by Gasteiger charge is -2.22. The van der Waals surface area contributed by atoms with Crippen molar-refractivity contribution in [3.8, 4) is 11.5 Å². The molecule has 0 saturated heterocycles. The third-order valence-corrected chi connectivity index (χ3v) is 3.19. The number of nitrogens with zero attached hydrogens (tertiary/aromatic N) is 2. The topological polar surface area (TPSA) is 100 Å². The lowest BCUT2D eigenvalue weighted by molar-refractivity contribution is 0.351. The van der Waals surface area contributed by atoms with Crippen LogP contribution in [0.1, 0.15) is 5.56 Å². The summed E-state index contributed by atoms with van der Waals surface area (Å²) in [6, 6.07) is 5.47. The summed E-state index contributed by atoms with van der Waals surface area (Å²) in [5.41, 5.74) is -0.421. The largest absolute Gasteiger partial charge is 0.493 e. The minimum Gasteiger partial charge on any atom is -0.493 e. The van der Waals surface area contributed by atoms with Gasteiger partial charge < -0.3 is 14.4 Å². The molecule has 8 heteroatoms. The van der Waals surface area contributed by atoms with Gasteiger partial charge in [0.1, 0.15) is 0 Å². The average Bonchev–Trinajstić information content (AvgIpc) is 2.54. The smallest absolute Gasteiger partial charge is 0.342 e. The molecule has 0 bridgehead atoms. The summed E-state index contributed by atoms with van der Waals surface area (Å²) >= 11 is 0. The van der Waals surface area contributed by atoms with Crippen molar-refractivity contribution in [3.63, 3.8) is 0 Å². The fraction of sp³-hybridized carbons (Fsp3) is 0.267. The van der Waals surface area contributed by atoms with Crippen LogP contribution in [0.3, 0.4) is 0 Å². The molecule has 0 aliphatic carbocycles. The first kappa shape index (κ1) is 16.3. The van der Waals surface area contributed by atoms with Crippen molar-refractivity contribution in [1.82, 2.24) is 15.2 Å². The summed E-state index contributed by atoms with van der Waals surface area (Å²) in [6.07, 6.45) is 1.64. The van der Waals surface area contributed by atoms with Crippen LogP contribution in [-0.2, 0) is 6.54 Å². The van der Waals surface area contributed by atoms with Crippen molar-refractivity contribution >= 4 is 5.82 Å². The van der Waals surface area contributed by atoms with Crippen LogP contribution in [0.2, 0.25) is 0 Å². The molecule has 2 rings (SSSR count). The van der Waals surface area contributed by atoms with Crippen molar-refractivity contribution in [1.29, 1.82) is 0 Å². The molecular formula is C15H18N4O4. The Labute approximate surface area is 132 Å². The van der Waals surface area contributed by atoms with Gasteiger partial charge in [-0.15, -0.1) is 11.7 Å². The number of aromatic amines is 2. The molecule has 0 spiro atoms. The molecule has 0 radical (unpaired) electrons. The van der Waals surface area contributed by atoms with Crippen LogP contribution in [0.4, 0.5) is 5.82 Å². The summed E-state index contributed by atoms with van der Waals surface area (Å²) in [4.78, 5) is 26.9. The molecule has 1 aromatic carbocycles. The number of ether oxygens (including phenoxy) is 2. The van der Waals surface area contributed by atoms with Crippen LogP contribution < -0.4 is 25.6 Å². The number of hydrogen-bond acceptors (Lipinski definition) is 6. The van der Waals surface area contributed by atoms with Crippen LogP contribution in [-0.4, -0.2) is 35.9 Å². The van der Waals surface area contributed by atoms with Gasteiger partial charge in [0, 0.05) is 18.7 Å². The van der Waals surface area contributed by atoms with E-state index in [1.807, 2.05) is 12.1 Å². The van der Waals surface area contributed by atoms with Gasteiger partial charge in [0.2, 0.25) is 5.82 Å². The lowest BCUT2D eigenvalue weighted by atomic mass is 10.1. The summed E-state index contributed by atoms with van der Waals surface area (Å²) in [5, 5.41) is 6.04. The summed E-state index contributed by atoms with van der Waals surface area (Å²) in [5.74, 6) is 1.26. The number of nitrogens with one attached hydrogen (secondary N) is 2. The predicted octanol–water partition coefficient (Wildman–Crippen LogP) is 0.668. The van der Waals surface area contributed by atoms with E-state index in [4.69, 9.17) is 9.47 Å². The monoisotopic (exact) mass is 318 g/mol. The highest BCUT2D eigenvalue weighted by Crippen LogP contribution is 2.31. The molecule has 8 nitrogen and oxygen atoms in total. The van der Waals surface area contributed by atoms with Crippen LogP contribution >= 0.6 is 0 Å². The van der Waals surface area contributed by atoms with Gasteiger partial charge in [-0.25, -0.2) is 9.89 Å². The van der Waals surface area contributed by atoms with E-state index in [1.54, 1.807) is 31.3 Å². The molecule has 23 heavy (non-hydrogen) atoms. The van der Waals surface area contributed by atoms with Crippen LogP contribution in [0.5, 0.6) is 11.5 Å². The van der Waals surface area contributed by atoms with Crippen molar-refractivity contribution < 1.29 is 9.47 Å². The van der Waals surface area contributed by atoms with Gasteiger partial charge in [-0.05, 0) is 6.07 Å². The molecule has 0 atom stereocenters. The van der Waals surface area contributed by atoms with E-state index in [9.17, 15) is 9.59 Å². The Morgan fingerprint density at radius 3 is 2.70 bits per heavy atom. The summed E-state index contributed by atoms with van der Waals surface area (Å²) in [6.45, 7) is 4.37. The predicted molar refractivity (Wildman–Crippen MR) is 86.3 cm³/mol. The number of para-hydroxylation sites is 1. The first-order chi connectivity index (χ1) is 11.1. The number of hydrogen-bond donors (Lipinski definition) is 2. The highest BCUT2D eigenvalue weighted by molar-refractivity contribution is 5.49. The molecule has 0 unspecified atom stereocenters. The number of benzene rings is 1. The number of aromatic nitrogens is 3. The van der Waals surface area contributed by atoms with E-state index < -0.39 is 11.2 Å². The highest BCUT2D eigenvalue weighted by atomic mass is 16.5. The third-order valence-electron chi connectivity index (χ3n) is 3.19. The highest BCUT2D eigenvalue weighted by Gasteiger charge is 2.16. The maximum absolute atomic E-state index is 12.0. The van der Waals surface area contributed by atoms with Crippen LogP contribution in [0, 0.1) is 0 Å². The Bertz CT molecular complexity index is 797. The zero-order chi connectivity index (χ0) is 16.8.